The second-order valence-electron chi connectivity index (χ2n) is 5.24. The van der Waals surface area contributed by atoms with Gasteiger partial charge < -0.3 is 9.47 Å². The fraction of sp³-hybridized carbons (Fsp3) is 0.933. The normalized spacial score (nSPS) is 22.7. The number of nitrogens with zero attached hydrogens (tertiary/aromatic N) is 1. The summed E-state index contributed by atoms with van der Waals surface area (Å²) in [6, 6.07) is 2.42. The Hall–Kier alpha value is -0.630. The van der Waals surface area contributed by atoms with Gasteiger partial charge in [0.25, 0.3) is 0 Å². The van der Waals surface area contributed by atoms with Crippen molar-refractivity contribution in [3.63, 3.8) is 0 Å². The van der Waals surface area contributed by atoms with Crippen LogP contribution in [0.5, 0.6) is 0 Å². The lowest BCUT2D eigenvalue weighted by Crippen LogP contribution is -2.43. The maximum absolute atomic E-state index is 9.29. The van der Waals surface area contributed by atoms with Gasteiger partial charge in [0.05, 0.1) is 18.8 Å². The number of hydrogen-bond acceptors (Lipinski definition) is 4. The minimum absolute atomic E-state index is 0.286. The molecule has 2 unspecified atom stereocenters. The van der Waals surface area contributed by atoms with Crippen molar-refractivity contribution in [2.24, 2.45) is 0 Å². The fourth-order valence-electron chi connectivity index (χ4n) is 2.53. The summed E-state index contributed by atoms with van der Waals surface area (Å²) in [5.74, 6) is 0. The smallest absolute Gasteiger partial charge is 0.106 e. The third kappa shape index (κ3) is 5.90. The predicted molar refractivity (Wildman–Crippen MR) is 76.0 cm³/mol. The van der Waals surface area contributed by atoms with Gasteiger partial charge in [-0.15, -0.1) is 0 Å². The maximum atomic E-state index is 9.29. The Morgan fingerprint density at radius 2 is 2.26 bits per heavy atom. The van der Waals surface area contributed by atoms with Crippen LogP contribution in [0.25, 0.3) is 0 Å². The van der Waals surface area contributed by atoms with Crippen LogP contribution < -0.4 is 5.32 Å². The molecule has 0 aromatic rings. The van der Waals surface area contributed by atoms with Crippen LogP contribution in [0.2, 0.25) is 0 Å². The maximum Gasteiger partial charge on any atom is 0.106 e. The zero-order valence-corrected chi connectivity index (χ0v) is 12.4. The van der Waals surface area contributed by atoms with Crippen LogP contribution in [0.4, 0.5) is 0 Å². The van der Waals surface area contributed by atoms with Gasteiger partial charge >= 0.3 is 0 Å². The molecule has 4 nitrogen and oxygen atoms in total. The van der Waals surface area contributed by atoms with Crippen molar-refractivity contribution in [1.29, 1.82) is 5.26 Å². The summed E-state index contributed by atoms with van der Waals surface area (Å²) >= 11 is 0. The molecule has 1 rings (SSSR count). The van der Waals surface area contributed by atoms with Gasteiger partial charge in [-0.1, -0.05) is 13.8 Å². The molecule has 1 N–H and O–H groups in total. The highest BCUT2D eigenvalue weighted by Gasteiger charge is 2.25. The van der Waals surface area contributed by atoms with Gasteiger partial charge in [-0.3, -0.25) is 5.32 Å². The molecular weight excluding hydrogens is 240 g/mol. The molecule has 0 amide bonds. The van der Waals surface area contributed by atoms with Crippen LogP contribution in [0.1, 0.15) is 52.4 Å². The molecule has 0 bridgehead atoms. The van der Waals surface area contributed by atoms with Gasteiger partial charge in [-0.25, -0.2) is 0 Å². The lowest BCUT2D eigenvalue weighted by molar-refractivity contribution is -0.0415. The van der Waals surface area contributed by atoms with Crippen molar-refractivity contribution in [2.75, 3.05) is 26.4 Å². The Labute approximate surface area is 117 Å². The first-order valence-corrected chi connectivity index (χ1v) is 7.62. The summed E-state index contributed by atoms with van der Waals surface area (Å²) in [4.78, 5) is 0. The van der Waals surface area contributed by atoms with E-state index in [-0.39, 0.29) is 11.6 Å². The summed E-state index contributed by atoms with van der Waals surface area (Å²) in [6.07, 6.45) is 6.44. The molecule has 110 valence electrons. The largest absolute Gasteiger partial charge is 0.379 e. The molecule has 0 aromatic carbocycles. The van der Waals surface area contributed by atoms with E-state index in [4.69, 9.17) is 9.47 Å². The standard InChI is InChI=1S/C15H28N2O2/c1-3-15(13-16,17-4-2)9-7-10-18-12-14-8-5-6-11-19-14/h14,17H,3-12H2,1-2H3. The van der Waals surface area contributed by atoms with Crippen molar-refractivity contribution < 1.29 is 9.47 Å². The van der Waals surface area contributed by atoms with E-state index in [1.54, 1.807) is 0 Å². The van der Waals surface area contributed by atoms with E-state index in [0.717, 1.165) is 38.8 Å². The van der Waals surface area contributed by atoms with E-state index in [1.165, 1.54) is 12.8 Å². The van der Waals surface area contributed by atoms with Crippen LogP contribution in [0.3, 0.4) is 0 Å². The lowest BCUT2D eigenvalue weighted by Gasteiger charge is -2.26. The SMILES string of the molecule is CCNC(C#N)(CC)CCCOCC1CCCCO1. The van der Waals surface area contributed by atoms with E-state index in [0.29, 0.717) is 13.2 Å². The molecule has 1 aliphatic rings. The Morgan fingerprint density at radius 1 is 1.42 bits per heavy atom. The highest BCUT2D eigenvalue weighted by atomic mass is 16.5. The van der Waals surface area contributed by atoms with Crippen LogP contribution in [-0.4, -0.2) is 38.0 Å². The second kappa shape index (κ2) is 9.30. The first kappa shape index (κ1) is 16.4. The van der Waals surface area contributed by atoms with Crippen molar-refractivity contribution in [2.45, 2.75) is 64.0 Å². The Morgan fingerprint density at radius 3 is 2.84 bits per heavy atom. The van der Waals surface area contributed by atoms with Gasteiger partial charge in [-0.05, 0) is 45.1 Å². The summed E-state index contributed by atoms with van der Waals surface area (Å²) in [5, 5.41) is 12.6. The van der Waals surface area contributed by atoms with E-state index < -0.39 is 0 Å². The number of rotatable bonds is 9. The Kier molecular flexibility index (Phi) is 8.04. The molecule has 1 heterocycles. The summed E-state index contributed by atoms with van der Waals surface area (Å²) in [5.41, 5.74) is -0.376. The molecule has 0 aliphatic carbocycles. The van der Waals surface area contributed by atoms with E-state index >= 15 is 0 Å². The van der Waals surface area contributed by atoms with Crippen LogP contribution in [0, 0.1) is 11.3 Å². The third-order valence-electron chi connectivity index (χ3n) is 3.80. The van der Waals surface area contributed by atoms with Crippen LogP contribution in [0.15, 0.2) is 0 Å². The minimum Gasteiger partial charge on any atom is -0.379 e. The molecule has 4 heteroatoms. The average Bonchev–Trinajstić information content (AvgIpc) is 2.47. The fourth-order valence-corrected chi connectivity index (χ4v) is 2.53. The summed E-state index contributed by atoms with van der Waals surface area (Å²) < 4.78 is 11.3. The molecule has 1 saturated heterocycles. The molecule has 2 atom stereocenters. The van der Waals surface area contributed by atoms with Crippen molar-refractivity contribution in [3.8, 4) is 6.07 Å². The van der Waals surface area contributed by atoms with Crippen LogP contribution >= 0.6 is 0 Å². The quantitative estimate of drug-likeness (QED) is 0.653. The minimum atomic E-state index is -0.376. The highest BCUT2D eigenvalue weighted by molar-refractivity contribution is 5.05. The molecule has 0 radical (unpaired) electrons. The zero-order valence-electron chi connectivity index (χ0n) is 12.4. The molecule has 19 heavy (non-hydrogen) atoms. The molecule has 0 aromatic heterocycles. The average molecular weight is 268 g/mol. The Bertz CT molecular complexity index is 272. The van der Waals surface area contributed by atoms with Gasteiger partial charge in [-0.2, -0.15) is 5.26 Å². The summed E-state index contributed by atoms with van der Waals surface area (Å²) in [7, 11) is 0. The van der Waals surface area contributed by atoms with E-state index in [1.807, 2.05) is 6.92 Å². The second-order valence-corrected chi connectivity index (χ2v) is 5.24. The van der Waals surface area contributed by atoms with E-state index in [9.17, 15) is 5.26 Å². The number of hydrogen-bond donors (Lipinski definition) is 1. The van der Waals surface area contributed by atoms with Gasteiger partial charge in [0, 0.05) is 13.2 Å². The van der Waals surface area contributed by atoms with Crippen molar-refractivity contribution >= 4 is 0 Å². The summed E-state index contributed by atoms with van der Waals surface area (Å²) in [6.45, 7) is 7.23. The number of nitrogens with one attached hydrogen (secondary N) is 1. The van der Waals surface area contributed by atoms with Gasteiger partial charge in [0.2, 0.25) is 0 Å². The first-order chi connectivity index (χ1) is 9.26. The van der Waals surface area contributed by atoms with E-state index in [2.05, 4.69) is 18.3 Å². The van der Waals surface area contributed by atoms with Crippen molar-refractivity contribution in [1.82, 2.24) is 5.32 Å². The van der Waals surface area contributed by atoms with Gasteiger partial charge in [0.15, 0.2) is 0 Å². The number of nitriles is 1. The topological polar surface area (TPSA) is 54.3 Å². The highest BCUT2D eigenvalue weighted by Crippen LogP contribution is 2.17. The monoisotopic (exact) mass is 268 g/mol. The lowest BCUT2D eigenvalue weighted by atomic mass is 9.92. The molecule has 0 spiro atoms. The Balaban J connectivity index is 2.13. The molecule has 1 fully saturated rings. The predicted octanol–water partition coefficient (Wildman–Crippen LogP) is 2.63. The first-order valence-electron chi connectivity index (χ1n) is 7.62. The molecule has 0 saturated carbocycles. The number of ether oxygens (including phenoxy) is 2. The van der Waals surface area contributed by atoms with Crippen LogP contribution in [-0.2, 0) is 9.47 Å². The zero-order chi connectivity index (χ0) is 14.0. The van der Waals surface area contributed by atoms with Crippen molar-refractivity contribution in [3.05, 3.63) is 0 Å². The van der Waals surface area contributed by atoms with Gasteiger partial charge in [0.1, 0.15) is 5.54 Å². The molecular formula is C15H28N2O2. The molecule has 1 aliphatic heterocycles. The third-order valence-corrected chi connectivity index (χ3v) is 3.80.